The number of aliphatic hydroxyl groups is 1. The zero-order chi connectivity index (χ0) is 13.2. The van der Waals surface area contributed by atoms with Gasteiger partial charge in [-0.1, -0.05) is 18.2 Å². The fraction of sp³-hybridized carbons (Fsp3) is 0.600. The van der Waals surface area contributed by atoms with Gasteiger partial charge >= 0.3 is 0 Å². The van der Waals surface area contributed by atoms with Gasteiger partial charge in [-0.05, 0) is 44.4 Å². The molecule has 1 aliphatic carbocycles. The Labute approximate surface area is 110 Å². The zero-order valence-corrected chi connectivity index (χ0v) is 11.6. The van der Waals surface area contributed by atoms with E-state index in [0.29, 0.717) is 5.92 Å². The lowest BCUT2D eigenvalue weighted by molar-refractivity contribution is 0.153. The predicted molar refractivity (Wildman–Crippen MR) is 76.0 cm³/mol. The Morgan fingerprint density at radius 1 is 1.39 bits per heavy atom. The molecule has 1 aromatic rings. The lowest BCUT2D eigenvalue weighted by Gasteiger charge is -2.37. The number of nitrogens with zero attached hydrogens (tertiary/aromatic N) is 1. The summed E-state index contributed by atoms with van der Waals surface area (Å²) in [5.74, 6) is 0.610. The first-order chi connectivity index (χ1) is 8.63. The van der Waals surface area contributed by atoms with Crippen molar-refractivity contribution in [2.45, 2.75) is 25.3 Å². The SMILES string of the molecule is CNC(CO)(CN(C)c1ccccc1C)C1CC1. The predicted octanol–water partition coefficient (Wildman–Crippen LogP) is 1.79. The normalized spacial score (nSPS) is 18.4. The van der Waals surface area contributed by atoms with Gasteiger partial charge in [0.1, 0.15) is 0 Å². The molecule has 1 unspecified atom stereocenters. The van der Waals surface area contributed by atoms with E-state index in [4.69, 9.17) is 0 Å². The first-order valence-corrected chi connectivity index (χ1v) is 6.69. The molecular formula is C15H24N2O. The van der Waals surface area contributed by atoms with Crippen LogP contribution in [0.3, 0.4) is 0 Å². The number of para-hydroxylation sites is 1. The van der Waals surface area contributed by atoms with Crippen LogP contribution in [0.1, 0.15) is 18.4 Å². The van der Waals surface area contributed by atoms with Crippen molar-refractivity contribution < 1.29 is 5.11 Å². The van der Waals surface area contributed by atoms with Crippen LogP contribution in [0.5, 0.6) is 0 Å². The summed E-state index contributed by atoms with van der Waals surface area (Å²) < 4.78 is 0. The maximum Gasteiger partial charge on any atom is 0.0633 e. The molecule has 1 saturated carbocycles. The summed E-state index contributed by atoms with van der Waals surface area (Å²) in [6.07, 6.45) is 2.45. The van der Waals surface area contributed by atoms with Crippen LogP contribution in [0.2, 0.25) is 0 Å². The van der Waals surface area contributed by atoms with Crippen molar-refractivity contribution in [3.63, 3.8) is 0 Å². The number of aliphatic hydroxyl groups excluding tert-OH is 1. The molecule has 0 bridgehead atoms. The summed E-state index contributed by atoms with van der Waals surface area (Å²) in [7, 11) is 4.06. The molecule has 3 nitrogen and oxygen atoms in total. The molecule has 2 N–H and O–H groups in total. The van der Waals surface area contributed by atoms with Gasteiger partial charge in [-0.15, -0.1) is 0 Å². The molecule has 0 aromatic heterocycles. The molecule has 0 aliphatic heterocycles. The van der Waals surface area contributed by atoms with Crippen LogP contribution in [0.25, 0.3) is 0 Å². The van der Waals surface area contributed by atoms with Gasteiger partial charge in [-0.2, -0.15) is 0 Å². The highest BCUT2D eigenvalue weighted by atomic mass is 16.3. The molecule has 0 radical (unpaired) electrons. The Bertz CT molecular complexity index is 397. The Morgan fingerprint density at radius 3 is 2.56 bits per heavy atom. The average Bonchev–Trinajstić information content (AvgIpc) is 3.21. The van der Waals surface area contributed by atoms with E-state index in [2.05, 4.69) is 48.5 Å². The number of anilines is 1. The highest BCUT2D eigenvalue weighted by Crippen LogP contribution is 2.40. The van der Waals surface area contributed by atoms with Crippen molar-refractivity contribution in [3.05, 3.63) is 29.8 Å². The quantitative estimate of drug-likeness (QED) is 0.805. The Hall–Kier alpha value is -1.06. The second kappa shape index (κ2) is 5.29. The number of aryl methyl sites for hydroxylation is 1. The minimum Gasteiger partial charge on any atom is -0.394 e. The number of benzene rings is 1. The van der Waals surface area contributed by atoms with Gasteiger partial charge in [0.15, 0.2) is 0 Å². The van der Waals surface area contributed by atoms with E-state index in [0.717, 1.165) is 6.54 Å². The molecule has 0 heterocycles. The molecule has 3 heteroatoms. The largest absolute Gasteiger partial charge is 0.394 e. The van der Waals surface area contributed by atoms with E-state index in [-0.39, 0.29) is 12.1 Å². The van der Waals surface area contributed by atoms with Crippen molar-refractivity contribution >= 4 is 5.69 Å². The fourth-order valence-corrected chi connectivity index (χ4v) is 2.81. The molecule has 1 fully saturated rings. The highest BCUT2D eigenvalue weighted by Gasteiger charge is 2.44. The third kappa shape index (κ3) is 2.52. The third-order valence-corrected chi connectivity index (χ3v) is 4.18. The summed E-state index contributed by atoms with van der Waals surface area (Å²) in [6.45, 7) is 3.17. The Morgan fingerprint density at radius 2 is 2.06 bits per heavy atom. The Balaban J connectivity index is 2.14. The minimum absolute atomic E-state index is 0.156. The number of nitrogens with one attached hydrogen (secondary N) is 1. The van der Waals surface area contributed by atoms with Gasteiger partial charge in [0.25, 0.3) is 0 Å². The molecule has 1 aromatic carbocycles. The van der Waals surface area contributed by atoms with Gasteiger partial charge in [-0.3, -0.25) is 0 Å². The van der Waals surface area contributed by atoms with E-state index in [1.54, 1.807) is 0 Å². The summed E-state index contributed by atoms with van der Waals surface area (Å²) in [5.41, 5.74) is 2.36. The van der Waals surface area contributed by atoms with Crippen LogP contribution in [0, 0.1) is 12.8 Å². The summed E-state index contributed by atoms with van der Waals surface area (Å²) in [4.78, 5) is 2.25. The molecule has 100 valence electrons. The molecule has 1 atom stereocenters. The lowest BCUT2D eigenvalue weighted by Crippen LogP contribution is -2.56. The molecular weight excluding hydrogens is 224 g/mol. The summed E-state index contributed by atoms with van der Waals surface area (Å²) in [5, 5.41) is 13.1. The maximum atomic E-state index is 9.76. The second-order valence-electron chi connectivity index (χ2n) is 5.48. The van der Waals surface area contributed by atoms with E-state index in [9.17, 15) is 5.11 Å². The maximum absolute atomic E-state index is 9.76. The minimum atomic E-state index is -0.156. The van der Waals surface area contributed by atoms with Crippen LogP contribution in [-0.4, -0.2) is 37.9 Å². The van der Waals surface area contributed by atoms with Crippen LogP contribution in [0.15, 0.2) is 24.3 Å². The van der Waals surface area contributed by atoms with Crippen LogP contribution >= 0.6 is 0 Å². The van der Waals surface area contributed by atoms with E-state index in [1.807, 2.05) is 7.05 Å². The number of hydrogen-bond donors (Lipinski definition) is 2. The number of likely N-dealkylation sites (N-methyl/N-ethyl adjacent to an activating group) is 2. The molecule has 2 rings (SSSR count). The molecule has 1 aliphatic rings. The van der Waals surface area contributed by atoms with Crippen molar-refractivity contribution in [3.8, 4) is 0 Å². The molecule has 0 amide bonds. The second-order valence-corrected chi connectivity index (χ2v) is 5.48. The van der Waals surface area contributed by atoms with Gasteiger partial charge in [0.05, 0.1) is 12.1 Å². The molecule has 18 heavy (non-hydrogen) atoms. The van der Waals surface area contributed by atoms with Crippen LogP contribution in [-0.2, 0) is 0 Å². The molecule has 0 spiro atoms. The fourth-order valence-electron chi connectivity index (χ4n) is 2.81. The van der Waals surface area contributed by atoms with Crippen molar-refractivity contribution in [2.75, 3.05) is 32.1 Å². The topological polar surface area (TPSA) is 35.5 Å². The average molecular weight is 248 g/mol. The summed E-state index contributed by atoms with van der Waals surface area (Å²) in [6, 6.07) is 8.39. The monoisotopic (exact) mass is 248 g/mol. The Kier molecular flexibility index (Phi) is 3.93. The molecule has 0 saturated heterocycles. The van der Waals surface area contributed by atoms with Crippen molar-refractivity contribution in [2.24, 2.45) is 5.92 Å². The van der Waals surface area contributed by atoms with Gasteiger partial charge in [-0.25, -0.2) is 0 Å². The van der Waals surface area contributed by atoms with Gasteiger partial charge in [0.2, 0.25) is 0 Å². The summed E-state index contributed by atoms with van der Waals surface area (Å²) >= 11 is 0. The van der Waals surface area contributed by atoms with Gasteiger partial charge in [0, 0.05) is 19.3 Å². The smallest absolute Gasteiger partial charge is 0.0633 e. The standard InChI is InChI=1S/C15H24N2O/c1-12-6-4-5-7-14(12)17(3)10-15(11-18,16-2)13-8-9-13/h4-7,13,16,18H,8-11H2,1-3H3. The zero-order valence-electron chi connectivity index (χ0n) is 11.6. The third-order valence-electron chi connectivity index (χ3n) is 4.18. The number of hydrogen-bond acceptors (Lipinski definition) is 3. The van der Waals surface area contributed by atoms with Crippen molar-refractivity contribution in [1.29, 1.82) is 0 Å². The van der Waals surface area contributed by atoms with E-state index >= 15 is 0 Å². The lowest BCUT2D eigenvalue weighted by atomic mass is 9.93. The first kappa shape index (κ1) is 13.4. The number of rotatable bonds is 6. The van der Waals surface area contributed by atoms with E-state index < -0.39 is 0 Å². The van der Waals surface area contributed by atoms with Crippen LogP contribution < -0.4 is 10.2 Å². The van der Waals surface area contributed by atoms with Crippen LogP contribution in [0.4, 0.5) is 5.69 Å². The first-order valence-electron chi connectivity index (χ1n) is 6.69. The van der Waals surface area contributed by atoms with Gasteiger partial charge < -0.3 is 15.3 Å². The van der Waals surface area contributed by atoms with E-state index in [1.165, 1.54) is 24.1 Å². The van der Waals surface area contributed by atoms with Crippen molar-refractivity contribution in [1.82, 2.24) is 5.32 Å². The highest BCUT2D eigenvalue weighted by molar-refractivity contribution is 5.52.